The Balaban J connectivity index is 0.00000261. The first-order chi connectivity index (χ1) is 12.5. The van der Waals surface area contributed by atoms with E-state index in [1.54, 1.807) is 36.4 Å². The van der Waals surface area contributed by atoms with Gasteiger partial charge in [-0.1, -0.05) is 18.2 Å². The van der Waals surface area contributed by atoms with Crippen LogP contribution in [0.3, 0.4) is 0 Å². The highest BCUT2D eigenvalue weighted by Gasteiger charge is 2.22. The maximum Gasteiger partial charge on any atom is 0.264 e. The van der Waals surface area contributed by atoms with E-state index in [1.807, 2.05) is 6.07 Å². The van der Waals surface area contributed by atoms with Crippen LogP contribution in [0.15, 0.2) is 59.5 Å². The molecule has 1 aliphatic rings. The minimum absolute atomic E-state index is 0. The van der Waals surface area contributed by atoms with Crippen LogP contribution in [-0.2, 0) is 10.0 Å². The first-order valence-corrected chi connectivity index (χ1v) is 10.1. The number of nitrogens with one attached hydrogen (secondary N) is 2. The molecule has 2 N–H and O–H groups in total. The molecule has 146 valence electrons. The van der Waals surface area contributed by atoms with Gasteiger partial charge in [0.05, 0.1) is 10.6 Å². The van der Waals surface area contributed by atoms with Crippen LogP contribution in [0.25, 0.3) is 0 Å². The van der Waals surface area contributed by atoms with Crippen LogP contribution >= 0.6 is 12.4 Å². The van der Waals surface area contributed by atoms with Gasteiger partial charge in [0.2, 0.25) is 0 Å². The maximum absolute atomic E-state index is 12.7. The summed E-state index contributed by atoms with van der Waals surface area (Å²) in [6.45, 7) is 1.74. The van der Waals surface area contributed by atoms with Crippen molar-refractivity contribution in [2.45, 2.75) is 23.8 Å². The second-order valence-corrected chi connectivity index (χ2v) is 8.32. The lowest BCUT2D eigenvalue weighted by Crippen LogP contribution is -2.45. The van der Waals surface area contributed by atoms with Gasteiger partial charge in [-0.15, -0.1) is 12.4 Å². The molecule has 0 bridgehead atoms. The predicted octanol–water partition coefficient (Wildman–Crippen LogP) is 2.42. The third-order valence-corrected chi connectivity index (χ3v) is 6.33. The minimum Gasteiger partial charge on any atom is -0.348 e. The molecule has 0 saturated carbocycles. The van der Waals surface area contributed by atoms with Crippen molar-refractivity contribution >= 4 is 34.0 Å². The van der Waals surface area contributed by atoms with Crippen LogP contribution in [0.1, 0.15) is 23.2 Å². The zero-order valence-electron chi connectivity index (χ0n) is 15.1. The summed E-state index contributed by atoms with van der Waals surface area (Å²) in [7, 11) is -2.15. The summed E-state index contributed by atoms with van der Waals surface area (Å²) >= 11 is 0. The van der Waals surface area contributed by atoms with E-state index in [1.165, 1.54) is 23.5 Å². The Hall–Kier alpha value is -2.09. The third-order valence-electron chi connectivity index (χ3n) is 4.53. The molecule has 2 aromatic carbocycles. The summed E-state index contributed by atoms with van der Waals surface area (Å²) in [6.07, 6.45) is 1.99. The lowest BCUT2D eigenvalue weighted by atomic mass is 10.1. The van der Waals surface area contributed by atoms with E-state index in [0.717, 1.165) is 25.9 Å². The highest BCUT2D eigenvalue weighted by Crippen LogP contribution is 2.22. The SMILES string of the molecule is CN(c1ccccc1)S(=O)(=O)c1ccc(C(=O)NC2CCCNC2)cc1.Cl. The smallest absolute Gasteiger partial charge is 0.264 e. The molecule has 3 rings (SSSR count). The maximum atomic E-state index is 12.7. The van der Waals surface area contributed by atoms with Gasteiger partial charge in [0.15, 0.2) is 0 Å². The van der Waals surface area contributed by atoms with E-state index in [-0.39, 0.29) is 29.3 Å². The average Bonchev–Trinajstić information content (AvgIpc) is 2.69. The number of halogens is 1. The second kappa shape index (κ2) is 9.21. The highest BCUT2D eigenvalue weighted by atomic mass is 35.5. The van der Waals surface area contributed by atoms with E-state index in [2.05, 4.69) is 10.6 Å². The molecule has 1 atom stereocenters. The van der Waals surface area contributed by atoms with Crippen molar-refractivity contribution in [2.24, 2.45) is 0 Å². The molecule has 1 unspecified atom stereocenters. The van der Waals surface area contributed by atoms with Gasteiger partial charge in [0.1, 0.15) is 0 Å². The molecule has 2 aromatic rings. The molecule has 1 amide bonds. The van der Waals surface area contributed by atoms with Crippen LogP contribution < -0.4 is 14.9 Å². The topological polar surface area (TPSA) is 78.5 Å². The van der Waals surface area contributed by atoms with Gasteiger partial charge < -0.3 is 10.6 Å². The number of carbonyl (C=O) groups is 1. The van der Waals surface area contributed by atoms with Crippen LogP contribution in [0, 0.1) is 0 Å². The van der Waals surface area contributed by atoms with Crippen molar-refractivity contribution in [3.05, 3.63) is 60.2 Å². The Bertz CT molecular complexity index is 852. The van der Waals surface area contributed by atoms with Crippen LogP contribution in [0.4, 0.5) is 5.69 Å². The Kier molecular flexibility index (Phi) is 7.24. The number of anilines is 1. The number of piperidine rings is 1. The average molecular weight is 410 g/mol. The molecular weight excluding hydrogens is 386 g/mol. The van der Waals surface area contributed by atoms with Crippen LogP contribution in [-0.4, -0.2) is 40.5 Å². The van der Waals surface area contributed by atoms with Crippen molar-refractivity contribution in [1.29, 1.82) is 0 Å². The highest BCUT2D eigenvalue weighted by molar-refractivity contribution is 7.92. The van der Waals surface area contributed by atoms with Crippen molar-refractivity contribution in [3.8, 4) is 0 Å². The predicted molar refractivity (Wildman–Crippen MR) is 109 cm³/mol. The molecule has 0 radical (unpaired) electrons. The van der Waals surface area contributed by atoms with Crippen molar-refractivity contribution < 1.29 is 13.2 Å². The number of hydrogen-bond acceptors (Lipinski definition) is 4. The second-order valence-electron chi connectivity index (χ2n) is 6.35. The Labute approximate surface area is 166 Å². The number of amides is 1. The molecular formula is C19H24ClN3O3S. The fraction of sp³-hybridized carbons (Fsp3) is 0.316. The fourth-order valence-electron chi connectivity index (χ4n) is 2.96. The molecule has 1 saturated heterocycles. The molecule has 0 aliphatic carbocycles. The quantitative estimate of drug-likeness (QED) is 0.794. The van der Waals surface area contributed by atoms with Gasteiger partial charge in [-0.05, 0) is 55.8 Å². The first kappa shape index (κ1) is 21.2. The molecule has 0 aromatic heterocycles. The first-order valence-electron chi connectivity index (χ1n) is 8.64. The van der Waals surface area contributed by atoms with Crippen molar-refractivity contribution in [3.63, 3.8) is 0 Å². The largest absolute Gasteiger partial charge is 0.348 e. The standard InChI is InChI=1S/C19H23N3O3S.ClH/c1-22(17-7-3-2-4-8-17)26(24,25)18-11-9-15(10-12-18)19(23)21-16-6-5-13-20-14-16;/h2-4,7-12,16,20H,5-6,13-14H2,1H3,(H,21,23);1H. The zero-order valence-corrected chi connectivity index (χ0v) is 16.7. The third kappa shape index (κ3) is 5.00. The monoisotopic (exact) mass is 409 g/mol. The minimum atomic E-state index is -3.67. The normalized spacial score (nSPS) is 16.9. The van der Waals surface area contributed by atoms with E-state index < -0.39 is 10.0 Å². The lowest BCUT2D eigenvalue weighted by molar-refractivity contribution is 0.0930. The summed E-state index contributed by atoms with van der Waals surface area (Å²) < 4.78 is 26.7. The lowest BCUT2D eigenvalue weighted by Gasteiger charge is -2.24. The Morgan fingerprint density at radius 2 is 1.78 bits per heavy atom. The van der Waals surface area contributed by atoms with Crippen LogP contribution in [0.2, 0.25) is 0 Å². The summed E-state index contributed by atoms with van der Waals surface area (Å²) in [5, 5.41) is 6.23. The molecule has 8 heteroatoms. The molecule has 1 aliphatic heterocycles. The summed E-state index contributed by atoms with van der Waals surface area (Å²) in [4.78, 5) is 12.5. The van der Waals surface area contributed by atoms with E-state index in [4.69, 9.17) is 0 Å². The van der Waals surface area contributed by atoms with Crippen molar-refractivity contribution in [1.82, 2.24) is 10.6 Å². The molecule has 0 spiro atoms. The van der Waals surface area contributed by atoms with Gasteiger partial charge in [-0.25, -0.2) is 8.42 Å². The number of para-hydroxylation sites is 1. The number of hydrogen-bond donors (Lipinski definition) is 2. The zero-order chi connectivity index (χ0) is 18.6. The van der Waals surface area contributed by atoms with Gasteiger partial charge in [-0.3, -0.25) is 9.10 Å². The van der Waals surface area contributed by atoms with Gasteiger partial charge in [0.25, 0.3) is 15.9 Å². The number of sulfonamides is 1. The fourth-order valence-corrected chi connectivity index (χ4v) is 4.15. The van der Waals surface area contributed by atoms with Crippen LogP contribution in [0.5, 0.6) is 0 Å². The Morgan fingerprint density at radius 1 is 1.11 bits per heavy atom. The van der Waals surface area contributed by atoms with E-state index in [9.17, 15) is 13.2 Å². The summed E-state index contributed by atoms with van der Waals surface area (Å²) in [6, 6.07) is 15.0. The summed E-state index contributed by atoms with van der Waals surface area (Å²) in [5.41, 5.74) is 1.04. The number of rotatable bonds is 5. The molecule has 6 nitrogen and oxygen atoms in total. The Morgan fingerprint density at radius 3 is 2.37 bits per heavy atom. The van der Waals surface area contributed by atoms with Gasteiger partial charge >= 0.3 is 0 Å². The molecule has 1 heterocycles. The van der Waals surface area contributed by atoms with Gasteiger partial charge in [0, 0.05) is 25.2 Å². The number of nitrogens with zero attached hydrogens (tertiary/aromatic N) is 1. The van der Waals surface area contributed by atoms with E-state index in [0.29, 0.717) is 11.3 Å². The number of carbonyl (C=O) groups excluding carboxylic acids is 1. The molecule has 1 fully saturated rings. The van der Waals surface area contributed by atoms with Crippen molar-refractivity contribution in [2.75, 3.05) is 24.4 Å². The number of benzene rings is 2. The molecule has 27 heavy (non-hydrogen) atoms. The van der Waals surface area contributed by atoms with E-state index >= 15 is 0 Å². The van der Waals surface area contributed by atoms with Gasteiger partial charge in [-0.2, -0.15) is 0 Å². The summed E-state index contributed by atoms with van der Waals surface area (Å²) in [5.74, 6) is -0.181.